The van der Waals surface area contributed by atoms with E-state index in [0.717, 1.165) is 41.3 Å². The molecule has 0 atom stereocenters. The monoisotopic (exact) mass is 295 g/mol. The summed E-state index contributed by atoms with van der Waals surface area (Å²) >= 11 is 1.55. The lowest BCUT2D eigenvalue weighted by atomic mass is 10.1. The Morgan fingerprint density at radius 2 is 2.05 bits per heavy atom. The molecule has 1 saturated heterocycles. The molecule has 1 aromatic heterocycles. The molecule has 0 amide bonds. The molecule has 3 rings (SSSR count). The van der Waals surface area contributed by atoms with Crippen molar-refractivity contribution in [3.8, 4) is 17.3 Å². The molecule has 0 saturated carbocycles. The van der Waals surface area contributed by atoms with Gasteiger partial charge in [0.15, 0.2) is 0 Å². The minimum Gasteiger partial charge on any atom is -0.387 e. The van der Waals surface area contributed by atoms with Crippen LogP contribution in [0.2, 0.25) is 0 Å². The van der Waals surface area contributed by atoms with Crippen LogP contribution in [0.4, 0.5) is 0 Å². The second-order valence-electron chi connectivity index (χ2n) is 5.11. The quantitative estimate of drug-likeness (QED) is 0.844. The van der Waals surface area contributed by atoms with Crippen LogP contribution in [0.25, 0.3) is 16.8 Å². The number of hydrogen-bond acceptors (Lipinski definition) is 4. The molecule has 1 aliphatic heterocycles. The van der Waals surface area contributed by atoms with Gasteiger partial charge in [-0.05, 0) is 19.3 Å². The number of nitrogens with one attached hydrogen (secondary N) is 1. The van der Waals surface area contributed by atoms with Crippen LogP contribution in [0, 0.1) is 11.3 Å². The van der Waals surface area contributed by atoms with E-state index in [0.29, 0.717) is 5.57 Å². The summed E-state index contributed by atoms with van der Waals surface area (Å²) in [6.45, 7) is 0.956. The highest BCUT2D eigenvalue weighted by molar-refractivity contribution is 7.11. The Balaban J connectivity index is 1.94. The van der Waals surface area contributed by atoms with Crippen molar-refractivity contribution in [3.63, 3.8) is 0 Å². The minimum absolute atomic E-state index is 0.712. The van der Waals surface area contributed by atoms with Crippen LogP contribution in [0.1, 0.15) is 30.7 Å². The molecule has 3 nitrogen and oxygen atoms in total. The van der Waals surface area contributed by atoms with Gasteiger partial charge in [-0.1, -0.05) is 36.8 Å². The number of allylic oxidation sites excluding steroid dienone is 2. The van der Waals surface area contributed by atoms with Gasteiger partial charge in [0.1, 0.15) is 16.6 Å². The van der Waals surface area contributed by atoms with Crippen LogP contribution >= 0.6 is 11.3 Å². The van der Waals surface area contributed by atoms with Crippen molar-refractivity contribution in [2.24, 2.45) is 0 Å². The summed E-state index contributed by atoms with van der Waals surface area (Å²) in [5.41, 5.74) is 3.81. The SMILES string of the molecule is N#C/C(=C1/CCCCCN1)c1nc(-c2ccccc2)cs1. The van der Waals surface area contributed by atoms with Gasteiger partial charge in [-0.2, -0.15) is 5.26 Å². The lowest BCUT2D eigenvalue weighted by Gasteiger charge is -2.07. The molecule has 0 unspecified atom stereocenters. The summed E-state index contributed by atoms with van der Waals surface area (Å²) in [5.74, 6) is 0. The number of benzene rings is 1. The zero-order valence-electron chi connectivity index (χ0n) is 11.8. The van der Waals surface area contributed by atoms with E-state index < -0.39 is 0 Å². The second-order valence-corrected chi connectivity index (χ2v) is 5.96. The maximum Gasteiger partial charge on any atom is 0.136 e. The van der Waals surface area contributed by atoms with Gasteiger partial charge < -0.3 is 5.32 Å². The molecule has 0 aliphatic carbocycles. The fourth-order valence-corrected chi connectivity index (χ4v) is 3.37. The number of rotatable bonds is 2. The molecule has 0 bridgehead atoms. The first-order valence-corrected chi connectivity index (χ1v) is 8.15. The third kappa shape index (κ3) is 3.14. The first-order valence-electron chi connectivity index (χ1n) is 7.27. The van der Waals surface area contributed by atoms with Crippen LogP contribution in [0.5, 0.6) is 0 Å². The van der Waals surface area contributed by atoms with Crippen molar-refractivity contribution in [2.45, 2.75) is 25.7 Å². The molecule has 0 radical (unpaired) electrons. The average molecular weight is 295 g/mol. The number of nitriles is 1. The number of nitrogens with zero attached hydrogens (tertiary/aromatic N) is 2. The van der Waals surface area contributed by atoms with Gasteiger partial charge in [0.25, 0.3) is 0 Å². The molecule has 2 heterocycles. The van der Waals surface area contributed by atoms with Crippen LogP contribution < -0.4 is 5.32 Å². The maximum absolute atomic E-state index is 9.52. The topological polar surface area (TPSA) is 48.7 Å². The van der Waals surface area contributed by atoms with Gasteiger partial charge in [-0.3, -0.25) is 0 Å². The first kappa shape index (κ1) is 13.8. The normalized spacial score (nSPS) is 17.5. The van der Waals surface area contributed by atoms with Crippen LogP contribution in [0.15, 0.2) is 41.4 Å². The fourth-order valence-electron chi connectivity index (χ4n) is 2.52. The molecule has 1 aliphatic rings. The Bertz CT molecular complexity index is 670. The third-order valence-corrected chi connectivity index (χ3v) is 4.50. The third-order valence-electron chi connectivity index (χ3n) is 3.64. The van der Waals surface area contributed by atoms with Crippen LogP contribution in [-0.2, 0) is 0 Å². The Morgan fingerprint density at radius 1 is 1.19 bits per heavy atom. The molecule has 1 fully saturated rings. The highest BCUT2D eigenvalue weighted by Crippen LogP contribution is 2.28. The summed E-state index contributed by atoms with van der Waals surface area (Å²) < 4.78 is 0. The summed E-state index contributed by atoms with van der Waals surface area (Å²) in [4.78, 5) is 4.66. The van der Waals surface area contributed by atoms with Crippen LogP contribution in [0.3, 0.4) is 0 Å². The van der Waals surface area contributed by atoms with Crippen molar-refractivity contribution < 1.29 is 0 Å². The average Bonchev–Trinajstić information content (AvgIpc) is 2.86. The van der Waals surface area contributed by atoms with E-state index >= 15 is 0 Å². The number of hydrogen-bond donors (Lipinski definition) is 1. The predicted molar refractivity (Wildman–Crippen MR) is 86.6 cm³/mol. The van der Waals surface area contributed by atoms with Crippen molar-refractivity contribution in [2.75, 3.05) is 6.54 Å². The highest BCUT2D eigenvalue weighted by Gasteiger charge is 2.15. The van der Waals surface area contributed by atoms with E-state index in [1.807, 2.05) is 35.7 Å². The van der Waals surface area contributed by atoms with E-state index in [-0.39, 0.29) is 0 Å². The summed E-state index contributed by atoms with van der Waals surface area (Å²) in [6, 6.07) is 12.4. The molecule has 21 heavy (non-hydrogen) atoms. The summed E-state index contributed by atoms with van der Waals surface area (Å²) in [6.07, 6.45) is 4.49. The molecule has 2 aromatic rings. The van der Waals surface area contributed by atoms with Crippen LogP contribution in [-0.4, -0.2) is 11.5 Å². The van der Waals surface area contributed by atoms with Gasteiger partial charge in [-0.25, -0.2) is 4.98 Å². The van der Waals surface area contributed by atoms with Gasteiger partial charge in [-0.15, -0.1) is 11.3 Å². The lowest BCUT2D eigenvalue weighted by Crippen LogP contribution is -2.13. The largest absolute Gasteiger partial charge is 0.387 e. The highest BCUT2D eigenvalue weighted by atomic mass is 32.1. The molecular formula is C17H17N3S. The van der Waals surface area contributed by atoms with Gasteiger partial charge in [0.05, 0.1) is 5.69 Å². The minimum atomic E-state index is 0.712. The van der Waals surface area contributed by atoms with E-state index in [2.05, 4.69) is 16.4 Å². The molecule has 1 aromatic carbocycles. The summed E-state index contributed by atoms with van der Waals surface area (Å²) in [5, 5.41) is 15.8. The zero-order valence-corrected chi connectivity index (χ0v) is 12.6. The van der Waals surface area contributed by atoms with Crippen molar-refractivity contribution in [3.05, 3.63) is 46.4 Å². The molecule has 0 spiro atoms. The zero-order chi connectivity index (χ0) is 14.5. The maximum atomic E-state index is 9.52. The van der Waals surface area contributed by atoms with Crippen molar-refractivity contribution in [1.29, 1.82) is 5.26 Å². The van der Waals surface area contributed by atoms with Gasteiger partial charge in [0.2, 0.25) is 0 Å². The number of thiazole rings is 1. The van der Waals surface area contributed by atoms with E-state index in [1.54, 1.807) is 11.3 Å². The standard InChI is InChI=1S/C17H17N3S/c18-11-14(15-9-5-2-6-10-19-15)17-20-16(12-21-17)13-7-3-1-4-8-13/h1,3-4,7-8,12,19H,2,5-6,9-10H2/b15-14+. The predicted octanol–water partition coefficient (Wildman–Crippen LogP) is 4.21. The molecule has 1 N–H and O–H groups in total. The molecule has 4 heteroatoms. The Hall–Kier alpha value is -2.12. The second kappa shape index (κ2) is 6.55. The molecule has 106 valence electrons. The van der Waals surface area contributed by atoms with E-state index in [9.17, 15) is 5.26 Å². The van der Waals surface area contributed by atoms with E-state index in [1.165, 1.54) is 12.8 Å². The van der Waals surface area contributed by atoms with Crippen molar-refractivity contribution in [1.82, 2.24) is 10.3 Å². The smallest absolute Gasteiger partial charge is 0.136 e. The van der Waals surface area contributed by atoms with Crippen molar-refractivity contribution >= 4 is 16.9 Å². The Kier molecular flexibility index (Phi) is 4.32. The molecular weight excluding hydrogens is 278 g/mol. The lowest BCUT2D eigenvalue weighted by molar-refractivity contribution is 0.721. The first-order chi connectivity index (χ1) is 10.4. The Morgan fingerprint density at radius 3 is 2.86 bits per heavy atom. The fraction of sp³-hybridized carbons (Fsp3) is 0.294. The van der Waals surface area contributed by atoms with Gasteiger partial charge >= 0.3 is 0 Å². The number of aromatic nitrogens is 1. The van der Waals surface area contributed by atoms with E-state index in [4.69, 9.17) is 0 Å². The Labute approximate surface area is 129 Å². The van der Waals surface area contributed by atoms with Gasteiger partial charge in [0, 0.05) is 23.2 Å². The summed E-state index contributed by atoms with van der Waals surface area (Å²) in [7, 11) is 0.